The van der Waals surface area contributed by atoms with Crippen molar-refractivity contribution in [2.45, 2.75) is 31.6 Å². The molecule has 146 valence electrons. The van der Waals surface area contributed by atoms with Gasteiger partial charge in [-0.2, -0.15) is 0 Å². The number of sulfonamides is 1. The highest BCUT2D eigenvalue weighted by molar-refractivity contribution is 7.92. The van der Waals surface area contributed by atoms with Crippen LogP contribution in [0.2, 0.25) is 10.0 Å². The van der Waals surface area contributed by atoms with E-state index >= 15 is 0 Å². The van der Waals surface area contributed by atoms with Crippen LogP contribution in [0.15, 0.2) is 45.7 Å². The number of hydrogen-bond donors (Lipinski definition) is 1. The van der Waals surface area contributed by atoms with Crippen LogP contribution in [0, 0.1) is 5.41 Å². The summed E-state index contributed by atoms with van der Waals surface area (Å²) in [7, 11) is -3.83. The van der Waals surface area contributed by atoms with E-state index in [0.717, 1.165) is 0 Å². The van der Waals surface area contributed by atoms with Gasteiger partial charge in [-0.1, -0.05) is 37.0 Å². The molecule has 0 saturated carbocycles. The quantitative estimate of drug-likeness (QED) is 0.570. The molecule has 1 aliphatic rings. The predicted octanol–water partition coefficient (Wildman–Crippen LogP) is 5.70. The van der Waals surface area contributed by atoms with Gasteiger partial charge in [0.2, 0.25) is 0 Å². The fourth-order valence-corrected chi connectivity index (χ4v) is 4.97. The lowest BCUT2D eigenvalue weighted by Gasteiger charge is -2.27. The Morgan fingerprint density at radius 1 is 1.07 bits per heavy atom. The van der Waals surface area contributed by atoms with E-state index in [4.69, 9.17) is 27.6 Å². The average molecular weight is 438 g/mol. The summed E-state index contributed by atoms with van der Waals surface area (Å²) >= 11 is 12.2. The van der Waals surface area contributed by atoms with E-state index in [1.54, 1.807) is 6.07 Å². The maximum atomic E-state index is 12.7. The molecule has 0 unspecified atom stereocenters. The summed E-state index contributed by atoms with van der Waals surface area (Å²) in [4.78, 5) is 12.8. The largest absolute Gasteiger partial charge is 0.459 e. The maximum absolute atomic E-state index is 12.7. The third-order valence-corrected chi connectivity index (χ3v) is 6.68. The highest BCUT2D eigenvalue weighted by atomic mass is 35.5. The van der Waals surface area contributed by atoms with Crippen molar-refractivity contribution in [2.75, 3.05) is 4.72 Å². The SMILES string of the molecule is CC1(C)CC(=O)c2c(oc3c(Cl)cc(NS(=O)(=O)c4ccc(Cl)cc4)cc23)C1. The Bertz CT molecular complexity index is 1210. The Labute approximate surface area is 172 Å². The number of ketones is 1. The first-order valence-electron chi connectivity index (χ1n) is 8.62. The molecule has 28 heavy (non-hydrogen) atoms. The first-order valence-corrected chi connectivity index (χ1v) is 10.9. The van der Waals surface area contributed by atoms with Gasteiger partial charge in [0.1, 0.15) is 5.76 Å². The van der Waals surface area contributed by atoms with Crippen LogP contribution in [0.3, 0.4) is 0 Å². The zero-order chi connectivity index (χ0) is 20.3. The van der Waals surface area contributed by atoms with E-state index in [1.807, 2.05) is 13.8 Å². The van der Waals surface area contributed by atoms with Crippen LogP contribution in [-0.2, 0) is 16.4 Å². The second-order valence-electron chi connectivity index (χ2n) is 7.74. The molecule has 0 aliphatic heterocycles. The van der Waals surface area contributed by atoms with Crippen molar-refractivity contribution in [3.63, 3.8) is 0 Å². The minimum atomic E-state index is -3.83. The lowest BCUT2D eigenvalue weighted by atomic mass is 9.76. The van der Waals surface area contributed by atoms with Gasteiger partial charge in [0.05, 0.1) is 21.2 Å². The number of hydrogen-bond acceptors (Lipinski definition) is 4. The molecule has 0 amide bonds. The van der Waals surface area contributed by atoms with Crippen molar-refractivity contribution in [1.29, 1.82) is 0 Å². The topological polar surface area (TPSA) is 76.4 Å². The highest BCUT2D eigenvalue weighted by Gasteiger charge is 2.35. The molecule has 0 saturated heterocycles. The number of Topliss-reactive ketones (excluding diaryl/α,β-unsaturated/α-hetero) is 1. The van der Waals surface area contributed by atoms with Gasteiger partial charge in [0, 0.05) is 23.3 Å². The van der Waals surface area contributed by atoms with Crippen molar-refractivity contribution >= 4 is 55.7 Å². The summed E-state index contributed by atoms with van der Waals surface area (Å²) < 4.78 is 33.7. The molecule has 1 aliphatic carbocycles. The number of furan rings is 1. The molecule has 3 aromatic rings. The summed E-state index contributed by atoms with van der Waals surface area (Å²) in [6.07, 6.45) is 1.01. The van der Waals surface area contributed by atoms with Gasteiger partial charge in [-0.3, -0.25) is 9.52 Å². The Morgan fingerprint density at radius 2 is 1.75 bits per heavy atom. The van der Waals surface area contributed by atoms with Crippen molar-refractivity contribution in [1.82, 2.24) is 0 Å². The van der Waals surface area contributed by atoms with E-state index in [0.29, 0.717) is 40.2 Å². The summed E-state index contributed by atoms with van der Waals surface area (Å²) in [5.74, 6) is 0.564. The van der Waals surface area contributed by atoms with Crippen LogP contribution >= 0.6 is 23.2 Å². The van der Waals surface area contributed by atoms with Crippen LogP contribution in [0.25, 0.3) is 11.0 Å². The number of rotatable bonds is 3. The Morgan fingerprint density at radius 3 is 2.43 bits per heavy atom. The van der Waals surface area contributed by atoms with E-state index in [1.165, 1.54) is 30.3 Å². The molecule has 0 fully saturated rings. The summed E-state index contributed by atoms with van der Waals surface area (Å²) in [5, 5.41) is 1.21. The second kappa shape index (κ2) is 6.51. The molecule has 0 radical (unpaired) electrons. The standard InChI is InChI=1S/C20H17Cl2NO4S/c1-20(2)9-16(24)18-14-7-12(8-15(22)19(14)27-17(18)10-20)23-28(25,26)13-5-3-11(21)4-6-13/h3-8,23H,9-10H2,1-2H3. The number of fused-ring (bicyclic) bond motifs is 3. The number of anilines is 1. The molecule has 0 bridgehead atoms. The fraction of sp³-hybridized carbons (Fsp3) is 0.250. The maximum Gasteiger partial charge on any atom is 0.261 e. The van der Waals surface area contributed by atoms with Crippen LogP contribution in [-0.4, -0.2) is 14.2 Å². The Hall–Kier alpha value is -2.02. The van der Waals surface area contributed by atoms with Gasteiger partial charge in [0.25, 0.3) is 10.0 Å². The van der Waals surface area contributed by atoms with Gasteiger partial charge in [-0.05, 0) is 41.8 Å². The molecule has 1 aromatic heterocycles. The molecule has 8 heteroatoms. The third-order valence-electron chi connectivity index (χ3n) is 4.75. The second-order valence-corrected chi connectivity index (χ2v) is 10.3. The molecule has 4 rings (SSSR count). The monoisotopic (exact) mass is 437 g/mol. The average Bonchev–Trinajstić information content (AvgIpc) is 2.92. The Balaban J connectivity index is 1.79. The molecular weight excluding hydrogens is 421 g/mol. The Kier molecular flexibility index (Phi) is 4.49. The van der Waals surface area contributed by atoms with E-state index < -0.39 is 10.0 Å². The summed E-state index contributed by atoms with van der Waals surface area (Å²) in [6.45, 7) is 4.02. The van der Waals surface area contributed by atoms with E-state index in [2.05, 4.69) is 4.72 Å². The number of carbonyl (C=O) groups is 1. The van der Waals surface area contributed by atoms with Crippen molar-refractivity contribution in [3.8, 4) is 0 Å². The van der Waals surface area contributed by atoms with Gasteiger partial charge in [0.15, 0.2) is 11.4 Å². The van der Waals surface area contributed by atoms with Gasteiger partial charge in [-0.25, -0.2) is 8.42 Å². The summed E-state index contributed by atoms with van der Waals surface area (Å²) in [5.41, 5.74) is 0.952. The number of halogens is 2. The summed E-state index contributed by atoms with van der Waals surface area (Å²) in [6, 6.07) is 8.89. The first-order chi connectivity index (χ1) is 13.1. The normalized spacial score (nSPS) is 16.2. The van der Waals surface area contributed by atoms with E-state index in [9.17, 15) is 13.2 Å². The molecule has 2 aromatic carbocycles. The lowest BCUT2D eigenvalue weighted by Crippen LogP contribution is -2.25. The molecule has 0 atom stereocenters. The minimum absolute atomic E-state index is 0.0289. The third kappa shape index (κ3) is 3.41. The molecule has 1 N–H and O–H groups in total. The van der Waals surface area contributed by atoms with Crippen LogP contribution < -0.4 is 4.72 Å². The van der Waals surface area contributed by atoms with Gasteiger partial charge in [-0.15, -0.1) is 0 Å². The van der Waals surface area contributed by atoms with Gasteiger partial charge < -0.3 is 4.42 Å². The highest BCUT2D eigenvalue weighted by Crippen LogP contribution is 2.42. The molecular formula is C20H17Cl2NO4S. The minimum Gasteiger partial charge on any atom is -0.459 e. The van der Waals surface area contributed by atoms with Crippen molar-refractivity contribution in [2.24, 2.45) is 5.41 Å². The van der Waals surface area contributed by atoms with E-state index in [-0.39, 0.29) is 26.8 Å². The fourth-order valence-electron chi connectivity index (χ4n) is 3.54. The first kappa shape index (κ1) is 19.3. The van der Waals surface area contributed by atoms with Crippen molar-refractivity contribution in [3.05, 3.63) is 57.8 Å². The smallest absolute Gasteiger partial charge is 0.261 e. The van der Waals surface area contributed by atoms with Crippen LogP contribution in [0.5, 0.6) is 0 Å². The number of benzene rings is 2. The molecule has 1 heterocycles. The predicted molar refractivity (Wildman–Crippen MR) is 110 cm³/mol. The molecule has 5 nitrogen and oxygen atoms in total. The van der Waals surface area contributed by atoms with Crippen molar-refractivity contribution < 1.29 is 17.6 Å². The number of carbonyl (C=O) groups excluding carboxylic acids is 1. The van der Waals surface area contributed by atoms with Crippen LogP contribution in [0.1, 0.15) is 36.4 Å². The zero-order valence-electron chi connectivity index (χ0n) is 15.2. The molecule has 0 spiro atoms. The lowest BCUT2D eigenvalue weighted by molar-refractivity contribution is 0.0906. The van der Waals surface area contributed by atoms with Gasteiger partial charge >= 0.3 is 0 Å². The zero-order valence-corrected chi connectivity index (χ0v) is 17.5. The van der Waals surface area contributed by atoms with Crippen LogP contribution in [0.4, 0.5) is 5.69 Å². The number of nitrogens with one attached hydrogen (secondary N) is 1.